The van der Waals surface area contributed by atoms with E-state index < -0.39 is 0 Å². The summed E-state index contributed by atoms with van der Waals surface area (Å²) in [4.78, 5) is 16.1. The molecule has 0 N–H and O–H groups in total. The first-order valence-electron chi connectivity index (χ1n) is 11.4. The molecule has 0 unspecified atom stereocenters. The maximum Gasteiger partial charge on any atom is 0.255 e. The van der Waals surface area contributed by atoms with Crippen molar-refractivity contribution in [3.8, 4) is 11.1 Å². The summed E-state index contributed by atoms with van der Waals surface area (Å²) >= 11 is 0. The Hall–Kier alpha value is -3.72. The van der Waals surface area contributed by atoms with Gasteiger partial charge in [-0.25, -0.2) is 4.39 Å². The molecule has 3 heteroatoms. The molecule has 0 heterocycles. The third-order valence-electron chi connectivity index (χ3n) is 6.49. The second-order valence-electron chi connectivity index (χ2n) is 8.81. The molecule has 33 heavy (non-hydrogen) atoms. The molecule has 0 fully saturated rings. The smallest absolute Gasteiger partial charge is 0.255 e. The standard InChI is InChI=1S/C30H26FNO/c1-21-11-16-28(23-7-3-2-4-8-23)29(17-21)30(33)32(20-22-12-14-26(31)15-13-22)27-18-24-9-5-6-10-25(24)19-27/h2-17,27H,18-20H2,1H3. The van der Waals surface area contributed by atoms with Crippen LogP contribution in [0.15, 0.2) is 97.1 Å². The van der Waals surface area contributed by atoms with Gasteiger partial charge in [0.1, 0.15) is 5.82 Å². The van der Waals surface area contributed by atoms with Gasteiger partial charge in [-0.15, -0.1) is 0 Å². The first-order valence-corrected chi connectivity index (χ1v) is 11.4. The second kappa shape index (κ2) is 9.03. The van der Waals surface area contributed by atoms with E-state index in [-0.39, 0.29) is 17.8 Å². The van der Waals surface area contributed by atoms with Crippen molar-refractivity contribution in [1.82, 2.24) is 4.90 Å². The molecule has 0 aliphatic heterocycles. The Labute approximate surface area is 194 Å². The number of rotatable bonds is 5. The first-order chi connectivity index (χ1) is 16.1. The first kappa shape index (κ1) is 21.1. The van der Waals surface area contributed by atoms with E-state index in [9.17, 15) is 9.18 Å². The number of halogens is 1. The van der Waals surface area contributed by atoms with Crippen molar-refractivity contribution in [2.24, 2.45) is 0 Å². The lowest BCUT2D eigenvalue weighted by atomic mass is 9.96. The molecule has 1 amide bonds. The highest BCUT2D eigenvalue weighted by molar-refractivity contribution is 6.01. The van der Waals surface area contributed by atoms with Crippen LogP contribution in [0.25, 0.3) is 11.1 Å². The van der Waals surface area contributed by atoms with Crippen molar-refractivity contribution in [1.29, 1.82) is 0 Å². The molecule has 0 saturated heterocycles. The van der Waals surface area contributed by atoms with E-state index in [1.54, 1.807) is 12.1 Å². The monoisotopic (exact) mass is 435 g/mol. The fraction of sp³-hybridized carbons (Fsp3) is 0.167. The predicted molar refractivity (Wildman–Crippen MR) is 131 cm³/mol. The van der Waals surface area contributed by atoms with Gasteiger partial charge >= 0.3 is 0 Å². The molecular formula is C30H26FNO. The normalized spacial score (nSPS) is 13.0. The van der Waals surface area contributed by atoms with Crippen LogP contribution in [0.2, 0.25) is 0 Å². The van der Waals surface area contributed by atoms with Gasteiger partial charge in [-0.2, -0.15) is 0 Å². The average molecular weight is 436 g/mol. The molecule has 1 aliphatic carbocycles. The molecule has 164 valence electrons. The Balaban J connectivity index is 1.55. The number of benzene rings is 4. The Morgan fingerprint density at radius 2 is 1.48 bits per heavy atom. The summed E-state index contributed by atoms with van der Waals surface area (Å²) in [6, 6.07) is 31.1. The number of aryl methyl sites for hydroxylation is 1. The van der Waals surface area contributed by atoms with Crippen molar-refractivity contribution in [3.05, 3.63) is 131 Å². The van der Waals surface area contributed by atoms with Crippen LogP contribution >= 0.6 is 0 Å². The number of fused-ring (bicyclic) bond motifs is 1. The maximum absolute atomic E-state index is 14.2. The van der Waals surface area contributed by atoms with Gasteiger partial charge in [-0.05, 0) is 65.8 Å². The van der Waals surface area contributed by atoms with Crippen LogP contribution in [0.1, 0.15) is 32.6 Å². The van der Waals surface area contributed by atoms with Crippen molar-refractivity contribution < 1.29 is 9.18 Å². The number of carbonyl (C=O) groups is 1. The van der Waals surface area contributed by atoms with Crippen LogP contribution in [0.4, 0.5) is 4.39 Å². The van der Waals surface area contributed by atoms with Crippen molar-refractivity contribution in [2.45, 2.75) is 32.4 Å². The molecule has 4 aromatic rings. The Morgan fingerprint density at radius 1 is 0.848 bits per heavy atom. The van der Waals surface area contributed by atoms with Gasteiger partial charge in [-0.1, -0.05) is 84.4 Å². The molecule has 1 aliphatic rings. The van der Waals surface area contributed by atoms with Crippen LogP contribution in [0, 0.1) is 12.7 Å². The molecule has 0 saturated carbocycles. The second-order valence-corrected chi connectivity index (χ2v) is 8.81. The van der Waals surface area contributed by atoms with E-state index in [0.29, 0.717) is 12.1 Å². The number of hydrogen-bond acceptors (Lipinski definition) is 1. The summed E-state index contributed by atoms with van der Waals surface area (Å²) in [5.41, 5.74) is 7.24. The summed E-state index contributed by atoms with van der Waals surface area (Å²) in [5.74, 6) is -0.255. The highest BCUT2D eigenvalue weighted by atomic mass is 19.1. The summed E-state index contributed by atoms with van der Waals surface area (Å²) in [7, 11) is 0. The Morgan fingerprint density at radius 3 is 2.15 bits per heavy atom. The van der Waals surface area contributed by atoms with Gasteiger partial charge in [0.25, 0.3) is 5.91 Å². The lowest BCUT2D eigenvalue weighted by Crippen LogP contribution is -2.40. The van der Waals surface area contributed by atoms with Crippen LogP contribution in [-0.4, -0.2) is 16.8 Å². The zero-order chi connectivity index (χ0) is 22.8. The number of hydrogen-bond donors (Lipinski definition) is 0. The van der Waals surface area contributed by atoms with Gasteiger partial charge in [0.15, 0.2) is 0 Å². The number of amides is 1. The Bertz CT molecular complexity index is 1260. The SMILES string of the molecule is Cc1ccc(-c2ccccc2)c(C(=O)N(Cc2ccc(F)cc2)C2Cc3ccccc3C2)c1. The lowest BCUT2D eigenvalue weighted by molar-refractivity contribution is 0.0668. The highest BCUT2D eigenvalue weighted by Crippen LogP contribution is 2.31. The van der Waals surface area contributed by atoms with Crippen molar-refractivity contribution >= 4 is 5.91 Å². The summed E-state index contributed by atoms with van der Waals surface area (Å²) in [6.07, 6.45) is 1.66. The molecule has 0 radical (unpaired) electrons. The molecule has 2 nitrogen and oxygen atoms in total. The van der Waals surface area contributed by atoms with E-state index in [2.05, 4.69) is 30.3 Å². The summed E-state index contributed by atoms with van der Waals surface area (Å²) in [5, 5.41) is 0. The minimum Gasteiger partial charge on any atom is -0.331 e. The zero-order valence-electron chi connectivity index (χ0n) is 18.7. The Kier molecular flexibility index (Phi) is 5.78. The van der Waals surface area contributed by atoms with Crippen LogP contribution in [-0.2, 0) is 19.4 Å². The third-order valence-corrected chi connectivity index (χ3v) is 6.49. The van der Waals surface area contributed by atoms with E-state index in [1.165, 1.54) is 23.3 Å². The fourth-order valence-corrected chi connectivity index (χ4v) is 4.77. The maximum atomic E-state index is 14.2. The van der Waals surface area contributed by atoms with E-state index >= 15 is 0 Å². The largest absolute Gasteiger partial charge is 0.331 e. The summed E-state index contributed by atoms with van der Waals surface area (Å²) < 4.78 is 13.5. The van der Waals surface area contributed by atoms with Crippen LogP contribution in [0.5, 0.6) is 0 Å². The molecule has 0 bridgehead atoms. The molecule has 4 aromatic carbocycles. The molecule has 0 spiro atoms. The minimum atomic E-state index is -0.269. The average Bonchev–Trinajstić information content (AvgIpc) is 3.28. The minimum absolute atomic E-state index is 0.0136. The molecule has 0 aromatic heterocycles. The highest BCUT2D eigenvalue weighted by Gasteiger charge is 2.31. The zero-order valence-corrected chi connectivity index (χ0v) is 18.7. The van der Waals surface area contributed by atoms with Crippen molar-refractivity contribution in [2.75, 3.05) is 0 Å². The van der Waals surface area contributed by atoms with E-state index in [4.69, 9.17) is 0 Å². The van der Waals surface area contributed by atoms with E-state index in [0.717, 1.165) is 35.1 Å². The fourth-order valence-electron chi connectivity index (χ4n) is 4.77. The van der Waals surface area contributed by atoms with Crippen LogP contribution in [0.3, 0.4) is 0 Å². The topological polar surface area (TPSA) is 20.3 Å². The lowest BCUT2D eigenvalue weighted by Gasteiger charge is -2.30. The summed E-state index contributed by atoms with van der Waals surface area (Å²) in [6.45, 7) is 2.46. The number of carbonyl (C=O) groups excluding carboxylic acids is 1. The molecule has 5 rings (SSSR count). The third kappa shape index (κ3) is 4.45. The van der Waals surface area contributed by atoms with Gasteiger partial charge in [0.05, 0.1) is 0 Å². The van der Waals surface area contributed by atoms with E-state index in [1.807, 2.05) is 54.3 Å². The van der Waals surface area contributed by atoms with Gasteiger partial charge in [0.2, 0.25) is 0 Å². The number of nitrogens with zero attached hydrogens (tertiary/aromatic N) is 1. The van der Waals surface area contributed by atoms with Gasteiger partial charge in [0, 0.05) is 18.2 Å². The molecular weight excluding hydrogens is 409 g/mol. The van der Waals surface area contributed by atoms with Crippen LogP contribution < -0.4 is 0 Å². The van der Waals surface area contributed by atoms with Gasteiger partial charge < -0.3 is 4.90 Å². The quantitative estimate of drug-likeness (QED) is 0.345. The van der Waals surface area contributed by atoms with Gasteiger partial charge in [-0.3, -0.25) is 4.79 Å². The van der Waals surface area contributed by atoms with Crippen molar-refractivity contribution in [3.63, 3.8) is 0 Å². The predicted octanol–water partition coefficient (Wildman–Crippen LogP) is 6.61. The molecule has 0 atom stereocenters.